The van der Waals surface area contributed by atoms with Crippen LogP contribution in [0.15, 0.2) is 6.20 Å². The number of hydrogen-bond donors (Lipinski definition) is 5. The van der Waals surface area contributed by atoms with Crippen molar-refractivity contribution in [2.24, 2.45) is 0 Å². The molecule has 1 aromatic rings. The van der Waals surface area contributed by atoms with Crippen molar-refractivity contribution in [1.82, 2.24) is 15.0 Å². The Kier molecular flexibility index (Phi) is 6.46. The molecule has 1 heterocycles. The summed E-state index contributed by atoms with van der Waals surface area (Å²) in [5.41, 5.74) is 0.441. The van der Waals surface area contributed by atoms with Gasteiger partial charge in [0.15, 0.2) is 0 Å². The van der Waals surface area contributed by atoms with E-state index < -0.39 is 26.8 Å². The van der Waals surface area contributed by atoms with Gasteiger partial charge >= 0.3 is 15.2 Å². The van der Waals surface area contributed by atoms with Gasteiger partial charge in [-0.05, 0) is 12.8 Å². The van der Waals surface area contributed by atoms with Crippen molar-refractivity contribution in [1.29, 1.82) is 0 Å². The van der Waals surface area contributed by atoms with Crippen LogP contribution < -0.4 is 0 Å². The van der Waals surface area contributed by atoms with Crippen LogP contribution >= 0.6 is 15.2 Å². The maximum atomic E-state index is 11.3. The molecule has 10 nitrogen and oxygen atoms in total. The van der Waals surface area contributed by atoms with Crippen LogP contribution in [0.25, 0.3) is 0 Å². The van der Waals surface area contributed by atoms with E-state index in [1.165, 1.54) is 6.20 Å². The summed E-state index contributed by atoms with van der Waals surface area (Å²) in [6, 6.07) is 0. The molecule has 5 N–H and O–H groups in total. The summed E-state index contributed by atoms with van der Waals surface area (Å²) in [7, 11) is -11.0. The summed E-state index contributed by atoms with van der Waals surface area (Å²) >= 11 is 0. The molecular formula is C10H21N3O7P2. The van der Waals surface area contributed by atoms with E-state index in [-0.39, 0.29) is 0 Å². The molecule has 0 radical (unpaired) electrons. The van der Waals surface area contributed by atoms with Crippen molar-refractivity contribution in [3.05, 3.63) is 11.9 Å². The second-order valence-corrected chi connectivity index (χ2v) is 9.06. The van der Waals surface area contributed by atoms with Gasteiger partial charge in [0.05, 0.1) is 18.4 Å². The average molecular weight is 357 g/mol. The van der Waals surface area contributed by atoms with Gasteiger partial charge in [-0.15, -0.1) is 5.10 Å². The first-order valence-electron chi connectivity index (χ1n) is 6.74. The Balaban J connectivity index is 2.95. The molecule has 0 saturated carbocycles. The molecule has 0 spiro atoms. The Morgan fingerprint density at radius 2 is 1.73 bits per heavy atom. The SMILES string of the molecule is CCCCCCc1cnnn1CC(O)(P(=O)(O)O)P(=O)(O)O. The minimum absolute atomic E-state index is 0.441. The third-order valence-corrected chi connectivity index (χ3v) is 6.99. The molecule has 128 valence electrons. The Morgan fingerprint density at radius 3 is 2.23 bits per heavy atom. The molecule has 0 aliphatic rings. The molecule has 0 aromatic carbocycles. The van der Waals surface area contributed by atoms with Crippen LogP contribution in [0.4, 0.5) is 0 Å². The van der Waals surface area contributed by atoms with Crippen LogP contribution in [-0.2, 0) is 22.1 Å². The molecule has 0 aliphatic heterocycles. The number of aliphatic hydroxyl groups is 1. The first kappa shape index (κ1) is 19.4. The van der Waals surface area contributed by atoms with Crippen LogP contribution in [-0.4, -0.2) is 44.8 Å². The van der Waals surface area contributed by atoms with Gasteiger partial charge in [0.2, 0.25) is 0 Å². The van der Waals surface area contributed by atoms with E-state index in [1.54, 1.807) is 0 Å². The predicted molar refractivity (Wildman–Crippen MR) is 76.9 cm³/mol. The van der Waals surface area contributed by atoms with Crippen molar-refractivity contribution >= 4 is 15.2 Å². The van der Waals surface area contributed by atoms with E-state index in [0.717, 1.165) is 30.4 Å². The molecule has 0 aliphatic carbocycles. The highest BCUT2D eigenvalue weighted by atomic mass is 31.2. The van der Waals surface area contributed by atoms with E-state index >= 15 is 0 Å². The molecule has 12 heteroatoms. The third kappa shape index (κ3) is 4.45. The summed E-state index contributed by atoms with van der Waals surface area (Å²) in [5.74, 6) is 0. The Bertz CT molecular complexity index is 557. The summed E-state index contributed by atoms with van der Waals surface area (Å²) < 4.78 is 23.6. The maximum absolute atomic E-state index is 11.3. The van der Waals surface area contributed by atoms with Crippen LogP contribution in [0, 0.1) is 0 Å². The number of unbranched alkanes of at least 4 members (excludes halogenated alkanes) is 3. The summed E-state index contributed by atoms with van der Waals surface area (Å²) in [5, 5.41) is 13.5. The molecule has 1 aromatic heterocycles. The molecule has 22 heavy (non-hydrogen) atoms. The molecule has 0 saturated heterocycles. The molecule has 1 rings (SSSR count). The van der Waals surface area contributed by atoms with Gasteiger partial charge in [0.1, 0.15) is 0 Å². The molecule has 0 amide bonds. The molecule has 0 atom stereocenters. The van der Waals surface area contributed by atoms with Gasteiger partial charge in [-0.25, -0.2) is 4.68 Å². The van der Waals surface area contributed by atoms with Crippen molar-refractivity contribution < 1.29 is 33.8 Å². The normalized spacial score (nSPS) is 13.5. The Hall–Kier alpha value is -0.600. The zero-order chi connectivity index (χ0) is 17.0. The fourth-order valence-corrected chi connectivity index (χ4v) is 3.89. The fraction of sp³-hybridized carbons (Fsp3) is 0.800. The van der Waals surface area contributed by atoms with Gasteiger partial charge < -0.3 is 24.7 Å². The minimum Gasteiger partial charge on any atom is -0.366 e. The van der Waals surface area contributed by atoms with Crippen molar-refractivity contribution in [3.8, 4) is 0 Å². The van der Waals surface area contributed by atoms with Gasteiger partial charge in [-0.2, -0.15) is 0 Å². The van der Waals surface area contributed by atoms with Gasteiger partial charge in [0.25, 0.3) is 5.08 Å². The fourth-order valence-electron chi connectivity index (χ4n) is 1.89. The van der Waals surface area contributed by atoms with E-state index in [0.29, 0.717) is 12.1 Å². The lowest BCUT2D eigenvalue weighted by molar-refractivity contribution is 0.110. The Morgan fingerprint density at radius 1 is 1.14 bits per heavy atom. The van der Waals surface area contributed by atoms with Crippen LogP contribution in [0.2, 0.25) is 0 Å². The summed E-state index contributed by atoms with van der Waals surface area (Å²) in [4.78, 5) is 36.5. The average Bonchev–Trinajstić information content (AvgIpc) is 2.79. The standard InChI is InChI=1S/C10H21N3O7P2/c1-2-3-4-5-6-9-7-11-12-13(9)8-10(14,21(15,16)17)22(18,19)20/h7,14H,2-6,8H2,1H3,(H2,15,16,17)(H2,18,19,20). The highest BCUT2D eigenvalue weighted by Gasteiger charge is 2.60. The van der Waals surface area contributed by atoms with Crippen LogP contribution in [0.5, 0.6) is 0 Å². The van der Waals surface area contributed by atoms with E-state index in [9.17, 15) is 14.2 Å². The highest BCUT2D eigenvalue weighted by Crippen LogP contribution is 2.68. The van der Waals surface area contributed by atoms with E-state index in [2.05, 4.69) is 10.3 Å². The molecule has 0 unspecified atom stereocenters. The third-order valence-electron chi connectivity index (χ3n) is 3.28. The lowest BCUT2D eigenvalue weighted by atomic mass is 10.1. The van der Waals surface area contributed by atoms with Gasteiger partial charge in [-0.3, -0.25) is 9.13 Å². The van der Waals surface area contributed by atoms with Gasteiger partial charge in [0, 0.05) is 0 Å². The second-order valence-electron chi connectivity index (χ2n) is 5.06. The molecule has 0 fully saturated rings. The smallest absolute Gasteiger partial charge is 0.366 e. The van der Waals surface area contributed by atoms with Gasteiger partial charge in [-0.1, -0.05) is 31.4 Å². The highest BCUT2D eigenvalue weighted by molar-refractivity contribution is 7.72. The summed E-state index contributed by atoms with van der Waals surface area (Å²) in [6.45, 7) is 1.01. The van der Waals surface area contributed by atoms with Crippen molar-refractivity contribution in [2.45, 2.75) is 50.7 Å². The lowest BCUT2D eigenvalue weighted by Gasteiger charge is -2.29. The number of rotatable bonds is 9. The number of hydrogen-bond acceptors (Lipinski definition) is 5. The zero-order valence-electron chi connectivity index (χ0n) is 12.1. The number of aryl methyl sites for hydroxylation is 1. The van der Waals surface area contributed by atoms with Crippen molar-refractivity contribution in [3.63, 3.8) is 0 Å². The number of aromatic nitrogens is 3. The topological polar surface area (TPSA) is 166 Å². The largest absolute Gasteiger partial charge is 0.371 e. The zero-order valence-corrected chi connectivity index (χ0v) is 13.9. The quantitative estimate of drug-likeness (QED) is 0.310. The van der Waals surface area contributed by atoms with E-state index in [1.807, 2.05) is 6.92 Å². The second kappa shape index (κ2) is 7.31. The molecular weight excluding hydrogens is 336 g/mol. The van der Waals surface area contributed by atoms with E-state index in [4.69, 9.17) is 19.6 Å². The number of nitrogens with zero attached hydrogens (tertiary/aromatic N) is 3. The molecule has 0 bridgehead atoms. The first-order valence-corrected chi connectivity index (χ1v) is 9.96. The van der Waals surface area contributed by atoms with Crippen molar-refractivity contribution in [2.75, 3.05) is 0 Å². The maximum Gasteiger partial charge on any atom is 0.371 e. The first-order chi connectivity index (χ1) is 10.0. The van der Waals surface area contributed by atoms with Crippen LogP contribution in [0.3, 0.4) is 0 Å². The van der Waals surface area contributed by atoms with Crippen LogP contribution in [0.1, 0.15) is 38.3 Å². The monoisotopic (exact) mass is 357 g/mol. The predicted octanol–water partition coefficient (Wildman–Crippen LogP) is 0.402. The minimum atomic E-state index is -5.50. The Labute approximate surface area is 127 Å². The summed E-state index contributed by atoms with van der Waals surface area (Å²) in [6.07, 6.45) is 5.58. The lowest BCUT2D eigenvalue weighted by Crippen LogP contribution is -2.35.